The molecule has 0 saturated heterocycles. The van der Waals surface area contributed by atoms with E-state index in [1.165, 1.54) is 37.4 Å². The highest BCUT2D eigenvalue weighted by molar-refractivity contribution is 7.89. The van der Waals surface area contributed by atoms with Gasteiger partial charge in [0.2, 0.25) is 10.0 Å². The molecule has 0 atom stereocenters. The molecule has 0 amide bonds. The lowest BCUT2D eigenvalue weighted by molar-refractivity contribution is 0.104. The summed E-state index contributed by atoms with van der Waals surface area (Å²) in [6.07, 6.45) is 3.25. The summed E-state index contributed by atoms with van der Waals surface area (Å²) in [5.41, 5.74) is 2.53. The van der Waals surface area contributed by atoms with Crippen LogP contribution in [0, 0.1) is 0 Å². The van der Waals surface area contributed by atoms with Gasteiger partial charge < -0.3 is 4.90 Å². The molecule has 0 aromatic heterocycles. The maximum Gasteiger partial charge on any atom is 0.240 e. The van der Waals surface area contributed by atoms with Crippen LogP contribution < -0.4 is 9.62 Å². The van der Waals surface area contributed by atoms with Gasteiger partial charge in [0.05, 0.1) is 4.90 Å². The minimum atomic E-state index is -3.49. The highest BCUT2D eigenvalue weighted by Crippen LogP contribution is 2.16. The van der Waals surface area contributed by atoms with Crippen LogP contribution in [0.5, 0.6) is 0 Å². The molecule has 0 aliphatic rings. The number of sulfonamides is 1. The van der Waals surface area contributed by atoms with Crippen molar-refractivity contribution < 1.29 is 13.2 Å². The minimum Gasteiger partial charge on any atom is -0.372 e. The molecule has 2 aromatic rings. The van der Waals surface area contributed by atoms with Gasteiger partial charge in [-0.3, -0.25) is 4.79 Å². The van der Waals surface area contributed by atoms with Gasteiger partial charge >= 0.3 is 0 Å². The van der Waals surface area contributed by atoms with E-state index in [4.69, 9.17) is 0 Å². The summed E-state index contributed by atoms with van der Waals surface area (Å²) in [7, 11) is -2.15. The van der Waals surface area contributed by atoms with Crippen molar-refractivity contribution >= 4 is 27.6 Å². The molecule has 0 saturated carbocycles. The zero-order chi connectivity index (χ0) is 19.2. The van der Waals surface area contributed by atoms with Crippen LogP contribution in [-0.4, -0.2) is 34.3 Å². The van der Waals surface area contributed by atoms with E-state index in [1.807, 2.05) is 24.3 Å². The largest absolute Gasteiger partial charge is 0.372 e. The fourth-order valence-corrected chi connectivity index (χ4v) is 3.30. The van der Waals surface area contributed by atoms with Gasteiger partial charge in [0.1, 0.15) is 0 Å². The molecule has 1 N–H and O–H groups in total. The number of carbonyl (C=O) groups excluding carboxylic acids is 1. The van der Waals surface area contributed by atoms with Crippen LogP contribution in [0.1, 0.15) is 29.8 Å². The molecule has 138 valence electrons. The Bertz CT molecular complexity index is 866. The molecule has 2 aromatic carbocycles. The monoisotopic (exact) mass is 372 g/mol. The molecule has 0 heterocycles. The molecule has 0 spiro atoms. The summed E-state index contributed by atoms with van der Waals surface area (Å²) in [5, 5.41) is 0. The molecule has 0 unspecified atom stereocenters. The number of anilines is 1. The Kier molecular flexibility index (Phi) is 6.71. The number of ketones is 1. The first kappa shape index (κ1) is 19.9. The van der Waals surface area contributed by atoms with Crippen LogP contribution in [0.3, 0.4) is 0 Å². The summed E-state index contributed by atoms with van der Waals surface area (Å²) in [4.78, 5) is 14.6. The van der Waals surface area contributed by atoms with E-state index in [0.717, 1.165) is 24.3 Å². The fraction of sp³-hybridized carbons (Fsp3) is 0.250. The van der Waals surface area contributed by atoms with Crippen molar-refractivity contribution in [2.75, 3.05) is 25.0 Å². The zero-order valence-corrected chi connectivity index (χ0v) is 16.1. The predicted octanol–water partition coefficient (Wildman–Crippen LogP) is 3.34. The molecular formula is C20H24N2O3S. The average Bonchev–Trinajstić information content (AvgIpc) is 2.68. The second-order valence-electron chi connectivity index (χ2n) is 5.69. The number of nitrogens with zero attached hydrogens (tertiary/aromatic N) is 1. The first-order valence-electron chi connectivity index (χ1n) is 8.52. The van der Waals surface area contributed by atoms with Crippen molar-refractivity contribution in [3.8, 4) is 0 Å². The van der Waals surface area contributed by atoms with Crippen molar-refractivity contribution in [3.63, 3.8) is 0 Å². The van der Waals surface area contributed by atoms with Crippen LogP contribution in [0.2, 0.25) is 0 Å². The first-order valence-corrected chi connectivity index (χ1v) is 10.0. The van der Waals surface area contributed by atoms with Gasteiger partial charge in [-0.2, -0.15) is 0 Å². The maximum atomic E-state index is 12.3. The molecule has 0 aliphatic heterocycles. The average molecular weight is 372 g/mol. The Morgan fingerprint density at radius 1 is 1.00 bits per heavy atom. The van der Waals surface area contributed by atoms with Gasteiger partial charge in [-0.1, -0.05) is 18.2 Å². The number of allylic oxidation sites excluding steroid dienone is 1. The Morgan fingerprint density at radius 3 is 2.08 bits per heavy atom. The van der Waals surface area contributed by atoms with Crippen LogP contribution >= 0.6 is 0 Å². The Hall–Kier alpha value is -2.44. The molecule has 0 radical (unpaired) electrons. The number of hydrogen-bond donors (Lipinski definition) is 1. The topological polar surface area (TPSA) is 66.5 Å². The fourth-order valence-electron chi connectivity index (χ4n) is 2.57. The van der Waals surface area contributed by atoms with Crippen molar-refractivity contribution in [3.05, 3.63) is 65.7 Å². The van der Waals surface area contributed by atoms with Gasteiger partial charge in [-0.05, 0) is 68.9 Å². The summed E-state index contributed by atoms with van der Waals surface area (Å²) in [5.74, 6) is -0.175. The van der Waals surface area contributed by atoms with Crippen LogP contribution in [0.15, 0.2) is 59.5 Å². The summed E-state index contributed by atoms with van der Waals surface area (Å²) < 4.78 is 25.6. The number of hydrogen-bond acceptors (Lipinski definition) is 4. The van der Waals surface area contributed by atoms with Crippen molar-refractivity contribution in [2.24, 2.45) is 0 Å². The van der Waals surface area contributed by atoms with E-state index in [1.54, 1.807) is 6.08 Å². The first-order chi connectivity index (χ1) is 12.4. The van der Waals surface area contributed by atoms with E-state index in [2.05, 4.69) is 23.5 Å². The third kappa shape index (κ3) is 4.80. The van der Waals surface area contributed by atoms with Crippen molar-refractivity contribution in [1.82, 2.24) is 4.72 Å². The molecular weight excluding hydrogens is 348 g/mol. The van der Waals surface area contributed by atoms with E-state index >= 15 is 0 Å². The predicted molar refractivity (Wildman–Crippen MR) is 106 cm³/mol. The normalized spacial score (nSPS) is 11.7. The standard InChI is InChI=1S/C20H24N2O3S/c1-4-22(5-2)18-11-6-16(7-12-18)8-15-20(23)17-9-13-19(14-10-17)26(24,25)21-3/h6-15,21H,4-5H2,1-3H3/b15-8+. The lowest BCUT2D eigenvalue weighted by Gasteiger charge is -2.20. The number of carbonyl (C=O) groups is 1. The SMILES string of the molecule is CCN(CC)c1ccc(/C=C/C(=O)c2ccc(S(=O)(=O)NC)cc2)cc1. The smallest absolute Gasteiger partial charge is 0.240 e. The number of rotatable bonds is 8. The Morgan fingerprint density at radius 2 is 1.58 bits per heavy atom. The molecule has 6 heteroatoms. The maximum absolute atomic E-state index is 12.3. The number of benzene rings is 2. The summed E-state index contributed by atoms with van der Waals surface area (Å²) in [6.45, 7) is 6.12. The van der Waals surface area contributed by atoms with E-state index in [-0.39, 0.29) is 10.7 Å². The van der Waals surface area contributed by atoms with Crippen LogP contribution in [-0.2, 0) is 10.0 Å². The summed E-state index contributed by atoms with van der Waals surface area (Å²) >= 11 is 0. The molecule has 2 rings (SSSR count). The van der Waals surface area contributed by atoms with Crippen LogP contribution in [0.25, 0.3) is 6.08 Å². The van der Waals surface area contributed by atoms with Crippen molar-refractivity contribution in [1.29, 1.82) is 0 Å². The second-order valence-corrected chi connectivity index (χ2v) is 7.58. The lowest BCUT2D eigenvalue weighted by atomic mass is 10.1. The van der Waals surface area contributed by atoms with Crippen LogP contribution in [0.4, 0.5) is 5.69 Å². The molecule has 0 fully saturated rings. The highest BCUT2D eigenvalue weighted by Gasteiger charge is 2.11. The minimum absolute atomic E-state index is 0.132. The van der Waals surface area contributed by atoms with E-state index in [0.29, 0.717) is 5.56 Å². The van der Waals surface area contributed by atoms with Crippen molar-refractivity contribution in [2.45, 2.75) is 18.7 Å². The third-order valence-electron chi connectivity index (χ3n) is 4.17. The molecule has 0 aliphatic carbocycles. The van der Waals surface area contributed by atoms with Gasteiger partial charge in [0.15, 0.2) is 5.78 Å². The summed E-state index contributed by atoms with van der Waals surface area (Å²) in [6, 6.07) is 13.9. The molecule has 5 nitrogen and oxygen atoms in total. The number of nitrogens with one attached hydrogen (secondary N) is 1. The van der Waals surface area contributed by atoms with Gasteiger partial charge in [0.25, 0.3) is 0 Å². The Labute approximate surface area is 155 Å². The van der Waals surface area contributed by atoms with Gasteiger partial charge in [0, 0.05) is 24.3 Å². The third-order valence-corrected chi connectivity index (χ3v) is 5.60. The van der Waals surface area contributed by atoms with E-state index < -0.39 is 10.0 Å². The second kappa shape index (κ2) is 8.78. The zero-order valence-electron chi connectivity index (χ0n) is 15.3. The highest BCUT2D eigenvalue weighted by atomic mass is 32.2. The quantitative estimate of drug-likeness (QED) is 0.570. The molecule has 0 bridgehead atoms. The lowest BCUT2D eigenvalue weighted by Crippen LogP contribution is -2.21. The van der Waals surface area contributed by atoms with Gasteiger partial charge in [-0.15, -0.1) is 0 Å². The Balaban J connectivity index is 2.09. The van der Waals surface area contributed by atoms with E-state index in [9.17, 15) is 13.2 Å². The van der Waals surface area contributed by atoms with Gasteiger partial charge in [-0.25, -0.2) is 13.1 Å². The molecule has 26 heavy (non-hydrogen) atoms.